The summed E-state index contributed by atoms with van der Waals surface area (Å²) in [4.78, 5) is 37.2. The number of hydrogen-bond donors (Lipinski definition) is 3. The summed E-state index contributed by atoms with van der Waals surface area (Å²) >= 11 is 0. The van der Waals surface area contributed by atoms with Gasteiger partial charge in [-0.2, -0.15) is 0 Å². The fourth-order valence-corrected chi connectivity index (χ4v) is 3.28. The van der Waals surface area contributed by atoms with Crippen molar-refractivity contribution < 1.29 is 19.5 Å². The van der Waals surface area contributed by atoms with E-state index in [2.05, 4.69) is 10.6 Å². The van der Waals surface area contributed by atoms with E-state index >= 15 is 0 Å². The number of nitrogens with one attached hydrogen (secondary N) is 2. The maximum atomic E-state index is 12.7. The molecule has 28 heavy (non-hydrogen) atoms. The van der Waals surface area contributed by atoms with Crippen LogP contribution in [0.3, 0.4) is 0 Å². The Morgan fingerprint density at radius 1 is 1.14 bits per heavy atom. The van der Waals surface area contributed by atoms with Crippen LogP contribution in [0.1, 0.15) is 45.1 Å². The molecule has 1 atom stereocenters. The second-order valence-electron chi connectivity index (χ2n) is 7.69. The van der Waals surface area contributed by atoms with E-state index in [9.17, 15) is 14.4 Å². The van der Waals surface area contributed by atoms with E-state index in [1.807, 2.05) is 44.2 Å². The van der Waals surface area contributed by atoms with Crippen molar-refractivity contribution in [1.82, 2.24) is 15.5 Å². The first kappa shape index (κ1) is 21.7. The average Bonchev–Trinajstić information content (AvgIpc) is 2.67. The quantitative estimate of drug-likeness (QED) is 0.636. The van der Waals surface area contributed by atoms with Crippen LogP contribution in [0.15, 0.2) is 30.3 Å². The van der Waals surface area contributed by atoms with E-state index in [-0.39, 0.29) is 36.4 Å². The molecule has 154 valence electrons. The van der Waals surface area contributed by atoms with Crippen LogP contribution in [0.4, 0.5) is 4.79 Å². The summed E-state index contributed by atoms with van der Waals surface area (Å²) in [6.07, 6.45) is 2.45. The molecule has 7 nitrogen and oxygen atoms in total. The molecule has 0 spiro atoms. The van der Waals surface area contributed by atoms with Gasteiger partial charge in [-0.25, -0.2) is 4.79 Å². The third kappa shape index (κ3) is 7.21. The minimum absolute atomic E-state index is 0.0150. The zero-order valence-electron chi connectivity index (χ0n) is 16.7. The van der Waals surface area contributed by atoms with Crippen LogP contribution < -0.4 is 10.6 Å². The van der Waals surface area contributed by atoms with E-state index in [1.54, 1.807) is 4.90 Å². The molecule has 1 aromatic carbocycles. The van der Waals surface area contributed by atoms with Gasteiger partial charge in [0.25, 0.3) is 0 Å². The maximum absolute atomic E-state index is 12.7. The molecule has 1 aliphatic rings. The van der Waals surface area contributed by atoms with Crippen molar-refractivity contribution in [2.75, 3.05) is 13.1 Å². The van der Waals surface area contributed by atoms with Crippen LogP contribution in [0.5, 0.6) is 0 Å². The number of piperidine rings is 1. The van der Waals surface area contributed by atoms with Gasteiger partial charge in [-0.3, -0.25) is 9.59 Å². The first-order chi connectivity index (χ1) is 13.3. The summed E-state index contributed by atoms with van der Waals surface area (Å²) in [5, 5.41) is 15.0. The largest absolute Gasteiger partial charge is 0.481 e. The van der Waals surface area contributed by atoms with Crippen LogP contribution >= 0.6 is 0 Å². The lowest BCUT2D eigenvalue weighted by atomic mass is 10.0. The van der Waals surface area contributed by atoms with Crippen molar-refractivity contribution in [3.63, 3.8) is 0 Å². The number of hydrogen-bond acceptors (Lipinski definition) is 3. The molecular formula is C21H31N3O4. The number of carbonyl (C=O) groups excluding carboxylic acids is 2. The summed E-state index contributed by atoms with van der Waals surface area (Å²) < 4.78 is 0. The smallest absolute Gasteiger partial charge is 0.317 e. The maximum Gasteiger partial charge on any atom is 0.317 e. The van der Waals surface area contributed by atoms with Gasteiger partial charge in [0.2, 0.25) is 5.91 Å². The third-order valence-corrected chi connectivity index (χ3v) is 5.01. The number of carboxylic acid groups (broad SMARTS) is 1. The first-order valence-corrected chi connectivity index (χ1v) is 9.96. The SMILES string of the molecule is CC(C)C(=O)NC1CCN(C(=O)NC(CCC(=O)O)Cc2ccccc2)CC1. The zero-order chi connectivity index (χ0) is 20.5. The Balaban J connectivity index is 1.86. The first-order valence-electron chi connectivity index (χ1n) is 9.96. The molecule has 1 heterocycles. The summed E-state index contributed by atoms with van der Waals surface area (Å²) in [5.41, 5.74) is 1.06. The van der Waals surface area contributed by atoms with Gasteiger partial charge >= 0.3 is 12.0 Å². The lowest BCUT2D eigenvalue weighted by Crippen LogP contribution is -2.52. The normalized spacial score (nSPS) is 15.9. The number of nitrogens with zero attached hydrogens (tertiary/aromatic N) is 1. The second-order valence-corrected chi connectivity index (χ2v) is 7.69. The van der Waals surface area contributed by atoms with Crippen LogP contribution in [-0.2, 0) is 16.0 Å². The van der Waals surface area contributed by atoms with Gasteiger partial charge in [0.05, 0.1) is 0 Å². The highest BCUT2D eigenvalue weighted by Crippen LogP contribution is 2.13. The van der Waals surface area contributed by atoms with Crippen molar-refractivity contribution in [2.45, 2.75) is 58.0 Å². The zero-order valence-corrected chi connectivity index (χ0v) is 16.7. The molecule has 0 radical (unpaired) electrons. The van der Waals surface area contributed by atoms with E-state index in [1.165, 1.54) is 0 Å². The fraction of sp³-hybridized carbons (Fsp3) is 0.571. The van der Waals surface area contributed by atoms with E-state index < -0.39 is 5.97 Å². The highest BCUT2D eigenvalue weighted by Gasteiger charge is 2.26. The van der Waals surface area contributed by atoms with Gasteiger partial charge in [0.15, 0.2) is 0 Å². The Bertz CT molecular complexity index is 655. The molecule has 3 amide bonds. The van der Waals surface area contributed by atoms with Crippen molar-refractivity contribution >= 4 is 17.9 Å². The van der Waals surface area contributed by atoms with Gasteiger partial charge in [0, 0.05) is 37.5 Å². The van der Waals surface area contributed by atoms with Gasteiger partial charge in [-0.05, 0) is 31.2 Å². The molecular weight excluding hydrogens is 358 g/mol. The summed E-state index contributed by atoms with van der Waals surface area (Å²) in [7, 11) is 0. The van der Waals surface area contributed by atoms with E-state index in [0.29, 0.717) is 25.9 Å². The highest BCUT2D eigenvalue weighted by atomic mass is 16.4. The number of carboxylic acids is 1. The minimum Gasteiger partial charge on any atom is -0.481 e. The van der Waals surface area contributed by atoms with Gasteiger partial charge in [0.1, 0.15) is 0 Å². The summed E-state index contributed by atoms with van der Waals surface area (Å²) in [6.45, 7) is 4.88. The van der Waals surface area contributed by atoms with Crippen molar-refractivity contribution in [3.8, 4) is 0 Å². The molecule has 1 saturated heterocycles. The van der Waals surface area contributed by atoms with Gasteiger partial charge in [-0.1, -0.05) is 44.2 Å². The number of rotatable bonds is 8. The van der Waals surface area contributed by atoms with E-state index in [0.717, 1.165) is 18.4 Å². The van der Waals surface area contributed by atoms with Crippen molar-refractivity contribution in [3.05, 3.63) is 35.9 Å². The Morgan fingerprint density at radius 3 is 2.36 bits per heavy atom. The molecule has 0 aromatic heterocycles. The molecule has 2 rings (SSSR count). The Hall–Kier alpha value is -2.57. The van der Waals surface area contributed by atoms with Gasteiger partial charge in [-0.15, -0.1) is 0 Å². The molecule has 1 aromatic rings. The van der Waals surface area contributed by atoms with Crippen LogP contribution in [0.25, 0.3) is 0 Å². The number of aliphatic carboxylic acids is 1. The van der Waals surface area contributed by atoms with Crippen molar-refractivity contribution in [1.29, 1.82) is 0 Å². The molecule has 7 heteroatoms. The molecule has 0 aliphatic carbocycles. The van der Waals surface area contributed by atoms with Crippen LogP contribution in [0, 0.1) is 5.92 Å². The van der Waals surface area contributed by atoms with Crippen LogP contribution in [0.2, 0.25) is 0 Å². The Labute approximate surface area is 166 Å². The molecule has 1 unspecified atom stereocenters. The lowest BCUT2D eigenvalue weighted by molar-refractivity contribution is -0.137. The fourth-order valence-electron chi connectivity index (χ4n) is 3.28. The second kappa shape index (κ2) is 10.7. The van der Waals surface area contributed by atoms with Gasteiger partial charge < -0.3 is 20.6 Å². The average molecular weight is 389 g/mol. The number of urea groups is 1. The standard InChI is InChI=1S/C21H31N3O4/c1-15(2)20(27)22-17-10-12-24(13-11-17)21(28)23-18(8-9-19(25)26)14-16-6-4-3-5-7-16/h3-7,15,17-18H,8-14H2,1-2H3,(H,22,27)(H,23,28)(H,25,26). The van der Waals surface area contributed by atoms with Crippen molar-refractivity contribution in [2.24, 2.45) is 5.92 Å². The number of amides is 3. The Morgan fingerprint density at radius 2 is 1.79 bits per heavy atom. The lowest BCUT2D eigenvalue weighted by Gasteiger charge is -2.34. The number of carbonyl (C=O) groups is 3. The molecule has 3 N–H and O–H groups in total. The number of likely N-dealkylation sites (tertiary alicyclic amines) is 1. The topological polar surface area (TPSA) is 98.7 Å². The third-order valence-electron chi connectivity index (χ3n) is 5.01. The number of benzene rings is 1. The predicted molar refractivity (Wildman–Crippen MR) is 107 cm³/mol. The molecule has 1 fully saturated rings. The molecule has 0 bridgehead atoms. The van der Waals surface area contributed by atoms with Crippen LogP contribution in [-0.4, -0.2) is 53.1 Å². The highest BCUT2D eigenvalue weighted by molar-refractivity contribution is 5.78. The summed E-state index contributed by atoms with van der Waals surface area (Å²) in [6, 6.07) is 9.45. The monoisotopic (exact) mass is 389 g/mol. The summed E-state index contributed by atoms with van der Waals surface area (Å²) in [5.74, 6) is -0.872. The van der Waals surface area contributed by atoms with E-state index in [4.69, 9.17) is 5.11 Å². The minimum atomic E-state index is -0.867. The molecule has 0 saturated carbocycles. The predicted octanol–water partition coefficient (Wildman–Crippen LogP) is 2.41. The molecule has 1 aliphatic heterocycles. The Kier molecular flexibility index (Phi) is 8.29.